The molecule has 2 fully saturated rings. The SMILES string of the molecule is O=C(NCC1CC(c2ccccc2)NN1)c1cc(CN2CCOCC2)on1. The van der Waals surface area contributed by atoms with Crippen LogP contribution in [-0.2, 0) is 11.3 Å². The molecule has 0 radical (unpaired) electrons. The van der Waals surface area contributed by atoms with Gasteiger partial charge in [-0.05, 0) is 12.0 Å². The number of hydrogen-bond acceptors (Lipinski definition) is 7. The van der Waals surface area contributed by atoms with E-state index in [-0.39, 0.29) is 18.0 Å². The highest BCUT2D eigenvalue weighted by molar-refractivity contribution is 5.92. The summed E-state index contributed by atoms with van der Waals surface area (Å²) in [4.78, 5) is 14.6. The van der Waals surface area contributed by atoms with E-state index < -0.39 is 0 Å². The number of hydrazine groups is 1. The van der Waals surface area contributed by atoms with Crippen LogP contribution in [-0.4, -0.2) is 54.9 Å². The second-order valence-electron chi connectivity index (χ2n) is 6.96. The van der Waals surface area contributed by atoms with Crippen molar-refractivity contribution >= 4 is 5.91 Å². The van der Waals surface area contributed by atoms with E-state index in [0.29, 0.717) is 24.5 Å². The van der Waals surface area contributed by atoms with Gasteiger partial charge in [-0.1, -0.05) is 35.5 Å². The summed E-state index contributed by atoms with van der Waals surface area (Å²) in [7, 11) is 0. The van der Waals surface area contributed by atoms with Crippen molar-refractivity contribution < 1.29 is 14.1 Å². The molecule has 2 aromatic rings. The molecule has 8 nitrogen and oxygen atoms in total. The van der Waals surface area contributed by atoms with Gasteiger partial charge in [0.1, 0.15) is 0 Å². The second-order valence-corrected chi connectivity index (χ2v) is 6.96. The minimum atomic E-state index is -0.211. The third-order valence-electron chi connectivity index (χ3n) is 4.97. The fourth-order valence-corrected chi connectivity index (χ4v) is 3.44. The highest BCUT2D eigenvalue weighted by atomic mass is 16.5. The molecule has 0 aliphatic carbocycles. The second kappa shape index (κ2) is 8.62. The zero-order chi connectivity index (χ0) is 18.5. The number of carbonyl (C=O) groups excluding carboxylic acids is 1. The molecule has 0 saturated carbocycles. The number of ether oxygens (including phenoxy) is 1. The third-order valence-corrected chi connectivity index (χ3v) is 4.97. The van der Waals surface area contributed by atoms with Gasteiger partial charge in [0.05, 0.1) is 19.8 Å². The molecule has 27 heavy (non-hydrogen) atoms. The lowest BCUT2D eigenvalue weighted by Gasteiger charge is -2.25. The number of carbonyl (C=O) groups is 1. The monoisotopic (exact) mass is 371 g/mol. The van der Waals surface area contributed by atoms with Crippen LogP contribution < -0.4 is 16.2 Å². The zero-order valence-corrected chi connectivity index (χ0v) is 15.2. The minimum Gasteiger partial charge on any atom is -0.379 e. The Morgan fingerprint density at radius 2 is 2.04 bits per heavy atom. The van der Waals surface area contributed by atoms with Gasteiger partial charge in [0.15, 0.2) is 11.5 Å². The fraction of sp³-hybridized carbons (Fsp3) is 0.474. The predicted octanol–water partition coefficient (Wildman–Crippen LogP) is 0.844. The van der Waals surface area contributed by atoms with Gasteiger partial charge in [0, 0.05) is 37.8 Å². The lowest BCUT2D eigenvalue weighted by molar-refractivity contribution is 0.0305. The van der Waals surface area contributed by atoms with Crippen molar-refractivity contribution in [3.05, 3.63) is 53.4 Å². The molecule has 0 bridgehead atoms. The third kappa shape index (κ3) is 4.72. The van der Waals surface area contributed by atoms with E-state index in [4.69, 9.17) is 9.26 Å². The van der Waals surface area contributed by atoms with Crippen LogP contribution in [0.5, 0.6) is 0 Å². The molecule has 1 aromatic carbocycles. The van der Waals surface area contributed by atoms with E-state index in [1.54, 1.807) is 6.07 Å². The summed E-state index contributed by atoms with van der Waals surface area (Å²) in [5.41, 5.74) is 8.09. The van der Waals surface area contributed by atoms with Crippen LogP contribution in [0.3, 0.4) is 0 Å². The Morgan fingerprint density at radius 1 is 1.22 bits per heavy atom. The molecule has 8 heteroatoms. The average Bonchev–Trinajstić information content (AvgIpc) is 3.37. The first-order valence-corrected chi connectivity index (χ1v) is 9.38. The number of hydrogen-bond donors (Lipinski definition) is 3. The summed E-state index contributed by atoms with van der Waals surface area (Å²) in [5.74, 6) is 0.490. The van der Waals surface area contributed by atoms with Gasteiger partial charge in [0.2, 0.25) is 0 Å². The van der Waals surface area contributed by atoms with Crippen LogP contribution in [0.4, 0.5) is 0 Å². The number of morpholine rings is 1. The normalized spacial score (nSPS) is 23.4. The topological polar surface area (TPSA) is 91.7 Å². The van der Waals surface area contributed by atoms with Crippen LogP contribution in [0.2, 0.25) is 0 Å². The molecule has 1 amide bonds. The van der Waals surface area contributed by atoms with Crippen LogP contribution in [0, 0.1) is 0 Å². The van der Waals surface area contributed by atoms with Crippen LogP contribution in [0.25, 0.3) is 0 Å². The number of amides is 1. The van der Waals surface area contributed by atoms with Crippen molar-refractivity contribution in [2.75, 3.05) is 32.8 Å². The summed E-state index contributed by atoms with van der Waals surface area (Å²) in [5, 5.41) is 6.84. The first kappa shape index (κ1) is 18.1. The lowest BCUT2D eigenvalue weighted by Crippen LogP contribution is -2.40. The van der Waals surface area contributed by atoms with Gasteiger partial charge >= 0.3 is 0 Å². The van der Waals surface area contributed by atoms with E-state index in [1.807, 2.05) is 18.2 Å². The molecular weight excluding hydrogens is 346 g/mol. The Kier molecular flexibility index (Phi) is 5.78. The van der Waals surface area contributed by atoms with Gasteiger partial charge in [-0.3, -0.25) is 15.1 Å². The van der Waals surface area contributed by atoms with Crippen LogP contribution in [0.1, 0.15) is 34.3 Å². The quantitative estimate of drug-likeness (QED) is 0.693. The molecule has 2 aliphatic rings. The molecule has 4 rings (SSSR count). The standard InChI is InChI=1S/C19H25N5O3/c25-19(18-11-16(27-23-18)13-24-6-8-26-9-7-24)20-12-15-10-17(22-21-15)14-4-2-1-3-5-14/h1-5,11,15,17,21-22H,6-10,12-13H2,(H,20,25). The Balaban J connectivity index is 1.24. The fourth-order valence-electron chi connectivity index (χ4n) is 3.44. The molecular formula is C19H25N5O3. The molecule has 2 saturated heterocycles. The summed E-state index contributed by atoms with van der Waals surface area (Å²) in [6.45, 7) is 4.37. The van der Waals surface area contributed by atoms with Gasteiger partial charge in [-0.15, -0.1) is 0 Å². The van der Waals surface area contributed by atoms with Crippen LogP contribution in [0.15, 0.2) is 40.9 Å². The molecule has 2 atom stereocenters. The summed E-state index contributed by atoms with van der Waals surface area (Å²) < 4.78 is 10.6. The van der Waals surface area contributed by atoms with Gasteiger partial charge in [0.25, 0.3) is 5.91 Å². The molecule has 144 valence electrons. The zero-order valence-electron chi connectivity index (χ0n) is 15.2. The van der Waals surface area contributed by atoms with Crippen LogP contribution >= 0.6 is 0 Å². The number of nitrogens with one attached hydrogen (secondary N) is 3. The smallest absolute Gasteiger partial charge is 0.273 e. The molecule has 0 spiro atoms. The maximum absolute atomic E-state index is 12.3. The van der Waals surface area contributed by atoms with E-state index in [9.17, 15) is 4.79 Å². The van der Waals surface area contributed by atoms with Gasteiger partial charge in [-0.25, -0.2) is 5.43 Å². The predicted molar refractivity (Wildman–Crippen MR) is 98.8 cm³/mol. The van der Waals surface area contributed by atoms with E-state index >= 15 is 0 Å². The van der Waals surface area contributed by atoms with Crippen molar-refractivity contribution in [3.8, 4) is 0 Å². The Hall–Kier alpha value is -2.26. The molecule has 2 unspecified atom stereocenters. The number of aromatic nitrogens is 1. The van der Waals surface area contributed by atoms with Crippen molar-refractivity contribution in [2.45, 2.75) is 25.0 Å². The Morgan fingerprint density at radius 3 is 2.85 bits per heavy atom. The summed E-state index contributed by atoms with van der Waals surface area (Å²) in [6.07, 6.45) is 0.908. The highest BCUT2D eigenvalue weighted by Crippen LogP contribution is 2.21. The molecule has 2 aliphatic heterocycles. The van der Waals surface area contributed by atoms with Crippen molar-refractivity contribution in [2.24, 2.45) is 0 Å². The van der Waals surface area contributed by atoms with Gasteiger partial charge < -0.3 is 14.6 Å². The largest absolute Gasteiger partial charge is 0.379 e. The first-order valence-electron chi connectivity index (χ1n) is 9.38. The molecule has 3 N–H and O–H groups in total. The van der Waals surface area contributed by atoms with Crippen molar-refractivity contribution in [1.29, 1.82) is 0 Å². The van der Waals surface area contributed by atoms with Gasteiger partial charge in [-0.2, -0.15) is 0 Å². The number of benzene rings is 1. The van der Waals surface area contributed by atoms with E-state index in [0.717, 1.165) is 32.7 Å². The Bertz CT molecular complexity index is 745. The number of rotatable bonds is 6. The molecule has 3 heterocycles. The molecule has 1 aromatic heterocycles. The summed E-state index contributed by atoms with van der Waals surface area (Å²) >= 11 is 0. The van der Waals surface area contributed by atoms with E-state index in [1.165, 1.54) is 5.56 Å². The maximum Gasteiger partial charge on any atom is 0.273 e. The number of nitrogens with zero attached hydrogens (tertiary/aromatic N) is 2. The van der Waals surface area contributed by atoms with E-state index in [2.05, 4.69) is 38.4 Å². The van der Waals surface area contributed by atoms with Crippen molar-refractivity contribution in [1.82, 2.24) is 26.2 Å². The Labute approximate surface area is 158 Å². The summed E-state index contributed by atoms with van der Waals surface area (Å²) in [6, 6.07) is 12.4. The van der Waals surface area contributed by atoms with Crippen molar-refractivity contribution in [3.63, 3.8) is 0 Å². The highest BCUT2D eigenvalue weighted by Gasteiger charge is 2.25. The minimum absolute atomic E-state index is 0.166. The first-order chi connectivity index (χ1) is 13.3. The lowest BCUT2D eigenvalue weighted by atomic mass is 10.0. The maximum atomic E-state index is 12.3. The average molecular weight is 371 g/mol.